The molecule has 0 saturated heterocycles. The summed E-state index contributed by atoms with van der Waals surface area (Å²) in [5.74, 6) is 2.45. The van der Waals surface area contributed by atoms with Crippen molar-refractivity contribution in [2.45, 2.75) is 25.4 Å². The first-order valence-corrected chi connectivity index (χ1v) is 9.41. The Kier molecular flexibility index (Phi) is 4.09. The molecule has 0 radical (unpaired) electrons. The molecule has 0 spiro atoms. The molecule has 0 bridgehead atoms. The van der Waals surface area contributed by atoms with Gasteiger partial charge in [-0.1, -0.05) is 24.3 Å². The number of fused-ring (bicyclic) bond motifs is 1. The van der Waals surface area contributed by atoms with E-state index in [-0.39, 0.29) is 5.91 Å². The summed E-state index contributed by atoms with van der Waals surface area (Å²) in [7, 11) is 0. The molecule has 25 heavy (non-hydrogen) atoms. The Morgan fingerprint density at radius 1 is 1.08 bits per heavy atom. The van der Waals surface area contributed by atoms with E-state index in [9.17, 15) is 4.79 Å². The molecule has 0 aliphatic carbocycles. The van der Waals surface area contributed by atoms with E-state index >= 15 is 0 Å². The minimum Gasteiger partial charge on any atom is -0.306 e. The maximum absolute atomic E-state index is 12.7. The second kappa shape index (κ2) is 6.41. The average molecular weight is 349 g/mol. The molecule has 4 rings (SSSR count). The van der Waals surface area contributed by atoms with Crippen LogP contribution in [0, 0.1) is 13.8 Å². The number of nitrogens with zero attached hydrogens (tertiary/aromatic N) is 2. The molecule has 1 aliphatic heterocycles. The van der Waals surface area contributed by atoms with Crippen LogP contribution in [0.25, 0.3) is 5.69 Å². The van der Waals surface area contributed by atoms with Crippen molar-refractivity contribution >= 4 is 23.5 Å². The number of amides is 1. The number of carbonyl (C=O) groups excluding carboxylic acids is 1. The van der Waals surface area contributed by atoms with E-state index in [4.69, 9.17) is 5.10 Å². The highest BCUT2D eigenvalue weighted by Crippen LogP contribution is 2.36. The summed E-state index contributed by atoms with van der Waals surface area (Å²) in [6.07, 6.45) is 0. The van der Waals surface area contributed by atoms with Crippen molar-refractivity contribution in [2.75, 3.05) is 5.32 Å². The number of nitrogens with one attached hydrogen (secondary N) is 1. The van der Waals surface area contributed by atoms with Crippen LogP contribution in [-0.4, -0.2) is 15.7 Å². The van der Waals surface area contributed by atoms with Crippen molar-refractivity contribution in [3.8, 4) is 5.69 Å². The summed E-state index contributed by atoms with van der Waals surface area (Å²) in [4.78, 5) is 12.7. The molecule has 1 aliphatic rings. The van der Waals surface area contributed by atoms with Gasteiger partial charge in [0.1, 0.15) is 5.82 Å². The van der Waals surface area contributed by atoms with Crippen molar-refractivity contribution in [2.24, 2.45) is 0 Å². The van der Waals surface area contributed by atoms with Gasteiger partial charge in [-0.2, -0.15) is 16.9 Å². The summed E-state index contributed by atoms with van der Waals surface area (Å²) in [5.41, 5.74) is 6.19. The molecule has 0 saturated carbocycles. The first-order chi connectivity index (χ1) is 12.1. The van der Waals surface area contributed by atoms with Crippen molar-refractivity contribution in [1.82, 2.24) is 9.78 Å². The normalized spacial score (nSPS) is 12.9. The van der Waals surface area contributed by atoms with Gasteiger partial charge in [0.15, 0.2) is 0 Å². The molecule has 4 nitrogen and oxygen atoms in total. The van der Waals surface area contributed by atoms with Crippen molar-refractivity contribution in [1.29, 1.82) is 0 Å². The predicted octanol–water partition coefficient (Wildman–Crippen LogP) is 4.49. The van der Waals surface area contributed by atoms with Gasteiger partial charge < -0.3 is 5.32 Å². The van der Waals surface area contributed by atoms with Gasteiger partial charge in [-0.05, 0) is 49.2 Å². The van der Waals surface area contributed by atoms with Gasteiger partial charge in [0.05, 0.1) is 11.4 Å². The molecule has 0 fully saturated rings. The predicted molar refractivity (Wildman–Crippen MR) is 102 cm³/mol. The van der Waals surface area contributed by atoms with E-state index in [1.54, 1.807) is 0 Å². The highest BCUT2D eigenvalue weighted by atomic mass is 32.2. The van der Waals surface area contributed by atoms with E-state index in [0.29, 0.717) is 5.56 Å². The number of aromatic nitrogens is 2. The van der Waals surface area contributed by atoms with Crippen LogP contribution in [0.3, 0.4) is 0 Å². The number of carbonyl (C=O) groups is 1. The minimum absolute atomic E-state index is 0.106. The van der Waals surface area contributed by atoms with Crippen LogP contribution in [0.1, 0.15) is 32.7 Å². The Labute approximate surface area is 151 Å². The Morgan fingerprint density at radius 3 is 2.52 bits per heavy atom. The molecular formula is C20H19N3OS. The summed E-state index contributed by atoms with van der Waals surface area (Å²) in [6.45, 7) is 4.15. The first-order valence-electron chi connectivity index (χ1n) is 8.25. The zero-order valence-corrected chi connectivity index (χ0v) is 15.1. The fraction of sp³-hybridized carbons (Fsp3) is 0.200. The lowest BCUT2D eigenvalue weighted by molar-refractivity contribution is 0.102. The summed E-state index contributed by atoms with van der Waals surface area (Å²) in [6, 6.07) is 15.6. The van der Waals surface area contributed by atoms with Crippen molar-refractivity contribution in [3.63, 3.8) is 0 Å². The zero-order chi connectivity index (χ0) is 17.4. The molecule has 5 heteroatoms. The van der Waals surface area contributed by atoms with Gasteiger partial charge in [0, 0.05) is 22.6 Å². The Morgan fingerprint density at radius 2 is 1.80 bits per heavy atom. The van der Waals surface area contributed by atoms with E-state index < -0.39 is 0 Å². The number of anilines is 1. The number of hydrogen-bond donors (Lipinski definition) is 1. The Balaban J connectivity index is 1.77. The second-order valence-corrected chi connectivity index (χ2v) is 7.33. The van der Waals surface area contributed by atoms with E-state index in [1.807, 2.05) is 46.8 Å². The van der Waals surface area contributed by atoms with Crippen LogP contribution >= 0.6 is 11.8 Å². The summed E-state index contributed by atoms with van der Waals surface area (Å²) >= 11 is 1.83. The van der Waals surface area contributed by atoms with Gasteiger partial charge in [0.25, 0.3) is 5.91 Å². The molecular weight excluding hydrogens is 330 g/mol. The van der Waals surface area contributed by atoms with Gasteiger partial charge in [-0.25, -0.2) is 4.68 Å². The number of hydrogen-bond acceptors (Lipinski definition) is 3. The maximum atomic E-state index is 12.7. The highest BCUT2D eigenvalue weighted by molar-refractivity contribution is 7.98. The number of rotatable bonds is 3. The lowest BCUT2D eigenvalue weighted by Crippen LogP contribution is -2.16. The van der Waals surface area contributed by atoms with Crippen LogP contribution in [0.4, 0.5) is 5.82 Å². The smallest absolute Gasteiger partial charge is 0.256 e. The zero-order valence-electron chi connectivity index (χ0n) is 14.2. The van der Waals surface area contributed by atoms with Gasteiger partial charge in [-0.3, -0.25) is 4.79 Å². The van der Waals surface area contributed by atoms with E-state index in [2.05, 4.69) is 37.4 Å². The third-order valence-electron chi connectivity index (χ3n) is 4.27. The fourth-order valence-corrected chi connectivity index (χ4v) is 4.21. The maximum Gasteiger partial charge on any atom is 0.256 e. The number of aryl methyl sites for hydroxylation is 2. The molecule has 1 amide bonds. The lowest BCUT2D eigenvalue weighted by atomic mass is 10.1. The second-order valence-electron chi connectivity index (χ2n) is 6.34. The standard InChI is InChI=1S/C20H19N3OS/c1-13-8-14(2)10-16(9-13)23-19(17-11-25-12-18(17)22-23)21-20(24)15-6-4-3-5-7-15/h3-10H,11-12H2,1-2H3,(H,21,24). The van der Waals surface area contributed by atoms with E-state index in [1.165, 1.54) is 11.1 Å². The van der Waals surface area contributed by atoms with Crippen molar-refractivity contribution < 1.29 is 4.79 Å². The summed E-state index contributed by atoms with van der Waals surface area (Å²) in [5, 5.41) is 7.86. The number of benzene rings is 2. The Hall–Kier alpha value is -2.53. The topological polar surface area (TPSA) is 46.9 Å². The molecule has 126 valence electrons. The molecule has 1 aromatic heterocycles. The molecule has 0 unspecified atom stereocenters. The lowest BCUT2D eigenvalue weighted by Gasteiger charge is -2.12. The van der Waals surface area contributed by atoms with Crippen LogP contribution < -0.4 is 5.32 Å². The SMILES string of the molecule is Cc1cc(C)cc(-n2nc3c(c2NC(=O)c2ccccc2)CSC3)c1. The van der Waals surface area contributed by atoms with Crippen LogP contribution in [-0.2, 0) is 11.5 Å². The third-order valence-corrected chi connectivity index (χ3v) is 5.24. The van der Waals surface area contributed by atoms with Crippen LogP contribution in [0.2, 0.25) is 0 Å². The minimum atomic E-state index is -0.106. The first kappa shape index (κ1) is 16.0. The molecule has 3 aromatic rings. The van der Waals surface area contributed by atoms with E-state index in [0.717, 1.165) is 34.3 Å². The molecule has 0 atom stereocenters. The quantitative estimate of drug-likeness (QED) is 0.758. The third kappa shape index (κ3) is 3.07. The van der Waals surface area contributed by atoms with Crippen LogP contribution in [0.15, 0.2) is 48.5 Å². The highest BCUT2D eigenvalue weighted by Gasteiger charge is 2.25. The Bertz CT molecular complexity index is 927. The monoisotopic (exact) mass is 349 g/mol. The fourth-order valence-electron chi connectivity index (χ4n) is 3.17. The van der Waals surface area contributed by atoms with Crippen LogP contribution in [0.5, 0.6) is 0 Å². The molecule has 1 N–H and O–H groups in total. The summed E-state index contributed by atoms with van der Waals surface area (Å²) < 4.78 is 1.88. The van der Waals surface area contributed by atoms with Gasteiger partial charge in [-0.15, -0.1) is 0 Å². The van der Waals surface area contributed by atoms with Crippen molar-refractivity contribution in [3.05, 3.63) is 76.5 Å². The van der Waals surface area contributed by atoms with Gasteiger partial charge in [0.2, 0.25) is 0 Å². The van der Waals surface area contributed by atoms with Gasteiger partial charge >= 0.3 is 0 Å². The largest absolute Gasteiger partial charge is 0.306 e. The molecule has 2 heterocycles. The number of thioether (sulfide) groups is 1. The molecule has 2 aromatic carbocycles. The average Bonchev–Trinajstić information content (AvgIpc) is 3.17.